The van der Waals surface area contributed by atoms with Crippen molar-refractivity contribution in [3.05, 3.63) is 70.0 Å². The molecular weight excluding hydrogens is 249 g/mol. The normalized spacial score (nSPS) is 18.9. The Morgan fingerprint density at radius 2 is 2.00 bits per heavy atom. The molecule has 0 radical (unpaired) electrons. The second-order valence-corrected chi connectivity index (χ2v) is 5.14. The number of nitrogens with two attached hydrogens (primary N) is 1. The molecule has 2 aromatic rings. The van der Waals surface area contributed by atoms with Crippen LogP contribution in [0.25, 0.3) is 0 Å². The largest absolute Gasteiger partial charge is 0.323 e. The molecular formula is C15H13ClFN. The molecule has 0 saturated carbocycles. The van der Waals surface area contributed by atoms with E-state index in [4.69, 9.17) is 17.3 Å². The van der Waals surface area contributed by atoms with Crippen molar-refractivity contribution in [2.45, 2.75) is 18.4 Å². The molecule has 0 amide bonds. The van der Waals surface area contributed by atoms with Crippen LogP contribution in [0, 0.1) is 5.82 Å². The molecule has 0 aliphatic heterocycles. The first-order valence-corrected chi connectivity index (χ1v) is 6.33. The lowest BCUT2D eigenvalue weighted by atomic mass is 9.72. The minimum Gasteiger partial charge on any atom is -0.323 e. The van der Waals surface area contributed by atoms with Gasteiger partial charge in [-0.15, -0.1) is 0 Å². The van der Waals surface area contributed by atoms with Gasteiger partial charge in [-0.3, -0.25) is 0 Å². The molecule has 0 aromatic heterocycles. The van der Waals surface area contributed by atoms with Crippen LogP contribution >= 0.6 is 11.6 Å². The minimum absolute atomic E-state index is 0.205. The van der Waals surface area contributed by atoms with E-state index in [1.54, 1.807) is 12.1 Å². The van der Waals surface area contributed by atoms with Gasteiger partial charge in [-0.05, 0) is 29.7 Å². The molecule has 2 atom stereocenters. The highest BCUT2D eigenvalue weighted by molar-refractivity contribution is 6.30. The predicted molar refractivity (Wildman–Crippen MR) is 71.2 cm³/mol. The van der Waals surface area contributed by atoms with Gasteiger partial charge in [0.2, 0.25) is 0 Å². The molecule has 0 heterocycles. The van der Waals surface area contributed by atoms with E-state index < -0.39 is 0 Å². The average Bonchev–Trinajstić information content (AvgIpc) is 2.30. The van der Waals surface area contributed by atoms with Gasteiger partial charge in [-0.25, -0.2) is 4.39 Å². The highest BCUT2D eigenvalue weighted by atomic mass is 35.5. The van der Waals surface area contributed by atoms with Gasteiger partial charge in [0.1, 0.15) is 5.82 Å². The van der Waals surface area contributed by atoms with Crippen LogP contribution in [0.5, 0.6) is 0 Å². The second-order valence-electron chi connectivity index (χ2n) is 4.70. The zero-order chi connectivity index (χ0) is 12.7. The van der Waals surface area contributed by atoms with E-state index >= 15 is 0 Å². The summed E-state index contributed by atoms with van der Waals surface area (Å²) < 4.78 is 13.8. The quantitative estimate of drug-likeness (QED) is 0.874. The summed E-state index contributed by atoms with van der Waals surface area (Å²) in [5.41, 5.74) is 9.27. The molecule has 18 heavy (non-hydrogen) atoms. The number of fused-ring (bicyclic) bond motifs is 1. The van der Waals surface area contributed by atoms with Gasteiger partial charge < -0.3 is 5.73 Å². The Balaban J connectivity index is 1.91. The number of rotatable bonds is 2. The molecule has 3 heteroatoms. The molecule has 0 spiro atoms. The van der Waals surface area contributed by atoms with Crippen LogP contribution < -0.4 is 5.73 Å². The summed E-state index contributed by atoms with van der Waals surface area (Å²) in [4.78, 5) is 0. The van der Waals surface area contributed by atoms with E-state index in [0.29, 0.717) is 10.6 Å². The molecule has 1 aliphatic carbocycles. The van der Waals surface area contributed by atoms with Crippen molar-refractivity contribution in [1.29, 1.82) is 0 Å². The first kappa shape index (κ1) is 11.7. The van der Waals surface area contributed by atoms with Gasteiger partial charge in [0.25, 0.3) is 0 Å². The monoisotopic (exact) mass is 261 g/mol. The number of hydrogen-bond acceptors (Lipinski definition) is 1. The van der Waals surface area contributed by atoms with Gasteiger partial charge in [-0.2, -0.15) is 0 Å². The number of hydrogen-bond donors (Lipinski definition) is 1. The first-order chi connectivity index (χ1) is 8.66. The van der Waals surface area contributed by atoms with Crippen molar-refractivity contribution in [2.75, 3.05) is 0 Å². The van der Waals surface area contributed by atoms with Crippen molar-refractivity contribution in [3.63, 3.8) is 0 Å². The Kier molecular flexibility index (Phi) is 2.84. The van der Waals surface area contributed by atoms with Crippen LogP contribution in [0.2, 0.25) is 5.02 Å². The van der Waals surface area contributed by atoms with E-state index in [2.05, 4.69) is 12.1 Å². The van der Waals surface area contributed by atoms with E-state index in [1.807, 2.05) is 12.1 Å². The van der Waals surface area contributed by atoms with Crippen molar-refractivity contribution in [1.82, 2.24) is 0 Å². The Bertz CT molecular complexity index is 597. The fourth-order valence-corrected chi connectivity index (χ4v) is 2.77. The maximum atomic E-state index is 13.8. The van der Waals surface area contributed by atoms with Gasteiger partial charge in [0, 0.05) is 22.5 Å². The Labute approximate surface area is 110 Å². The summed E-state index contributed by atoms with van der Waals surface area (Å²) in [5.74, 6) is -0.115. The average molecular weight is 262 g/mol. The topological polar surface area (TPSA) is 26.0 Å². The standard InChI is InChI=1S/C15H13ClFN/c16-10-5-6-12(14(17)8-10)15(18)13-7-9-3-1-2-4-11(9)13/h1-6,8,13,15H,7,18H2. The zero-order valence-corrected chi connectivity index (χ0v) is 10.5. The van der Waals surface area contributed by atoms with Gasteiger partial charge in [-0.1, -0.05) is 41.9 Å². The maximum Gasteiger partial charge on any atom is 0.129 e. The van der Waals surface area contributed by atoms with Crippen LogP contribution in [-0.4, -0.2) is 0 Å². The van der Waals surface area contributed by atoms with E-state index in [0.717, 1.165) is 6.42 Å². The smallest absolute Gasteiger partial charge is 0.129 e. The SMILES string of the molecule is NC(c1ccc(Cl)cc1F)C1Cc2ccccc21. The van der Waals surface area contributed by atoms with E-state index in [-0.39, 0.29) is 17.8 Å². The Morgan fingerprint density at radius 1 is 1.22 bits per heavy atom. The summed E-state index contributed by atoms with van der Waals surface area (Å²) in [6.07, 6.45) is 0.916. The van der Waals surface area contributed by atoms with Crippen LogP contribution in [0.1, 0.15) is 28.7 Å². The molecule has 0 saturated heterocycles. The van der Waals surface area contributed by atoms with Crippen LogP contribution in [-0.2, 0) is 6.42 Å². The Hall–Kier alpha value is -1.38. The fraction of sp³-hybridized carbons (Fsp3) is 0.200. The fourth-order valence-electron chi connectivity index (χ4n) is 2.61. The van der Waals surface area contributed by atoms with Crippen LogP contribution in [0.3, 0.4) is 0 Å². The third-order valence-electron chi connectivity index (χ3n) is 3.65. The number of benzene rings is 2. The molecule has 3 rings (SSSR count). The van der Waals surface area contributed by atoms with Crippen LogP contribution in [0.15, 0.2) is 42.5 Å². The summed E-state index contributed by atoms with van der Waals surface area (Å²) in [7, 11) is 0. The predicted octanol–water partition coefficient (Wildman–Crippen LogP) is 3.82. The second kappa shape index (κ2) is 4.38. The van der Waals surface area contributed by atoms with Crippen molar-refractivity contribution in [3.8, 4) is 0 Å². The van der Waals surface area contributed by atoms with Crippen molar-refractivity contribution >= 4 is 11.6 Å². The third-order valence-corrected chi connectivity index (χ3v) is 3.88. The minimum atomic E-state index is -0.320. The molecule has 1 nitrogen and oxygen atoms in total. The van der Waals surface area contributed by atoms with Gasteiger partial charge in [0.15, 0.2) is 0 Å². The van der Waals surface area contributed by atoms with Gasteiger partial charge >= 0.3 is 0 Å². The summed E-state index contributed by atoms with van der Waals surface area (Å²) in [6, 6.07) is 12.6. The van der Waals surface area contributed by atoms with Crippen molar-refractivity contribution in [2.24, 2.45) is 5.73 Å². The van der Waals surface area contributed by atoms with Gasteiger partial charge in [0.05, 0.1) is 0 Å². The highest BCUT2D eigenvalue weighted by Gasteiger charge is 2.32. The number of halogens is 2. The van der Waals surface area contributed by atoms with E-state index in [1.165, 1.54) is 17.2 Å². The maximum absolute atomic E-state index is 13.8. The summed E-state index contributed by atoms with van der Waals surface area (Å²) >= 11 is 5.75. The lowest BCUT2D eigenvalue weighted by Gasteiger charge is -2.35. The molecule has 2 aromatic carbocycles. The van der Waals surface area contributed by atoms with Crippen LogP contribution in [0.4, 0.5) is 4.39 Å². The lowest BCUT2D eigenvalue weighted by Crippen LogP contribution is -2.29. The molecule has 2 N–H and O–H groups in total. The molecule has 0 fully saturated rings. The lowest BCUT2D eigenvalue weighted by molar-refractivity contribution is 0.477. The molecule has 2 unspecified atom stereocenters. The molecule has 92 valence electrons. The summed E-state index contributed by atoms with van der Waals surface area (Å²) in [6.45, 7) is 0. The molecule has 1 aliphatic rings. The van der Waals surface area contributed by atoms with Crippen molar-refractivity contribution < 1.29 is 4.39 Å². The first-order valence-electron chi connectivity index (χ1n) is 5.95. The summed E-state index contributed by atoms with van der Waals surface area (Å²) in [5, 5.41) is 0.400. The molecule has 0 bridgehead atoms. The zero-order valence-electron chi connectivity index (χ0n) is 9.74. The van der Waals surface area contributed by atoms with E-state index in [9.17, 15) is 4.39 Å². The third kappa shape index (κ3) is 1.82. The Morgan fingerprint density at radius 3 is 2.72 bits per heavy atom. The highest BCUT2D eigenvalue weighted by Crippen LogP contribution is 2.42.